The van der Waals surface area contributed by atoms with Crippen LogP contribution in [0.1, 0.15) is 22.3 Å². The Balaban J connectivity index is 1.12. The number of aromatic nitrogens is 2. The van der Waals surface area contributed by atoms with E-state index >= 15 is 0 Å². The third-order valence-corrected chi connectivity index (χ3v) is 12.5. The fraction of sp³-hybridized carbons (Fsp3) is 0.0189. The van der Waals surface area contributed by atoms with E-state index in [4.69, 9.17) is 9.97 Å². The predicted molar refractivity (Wildman–Crippen MR) is 234 cm³/mol. The van der Waals surface area contributed by atoms with Crippen LogP contribution >= 0.6 is 11.3 Å². The molecule has 2 nitrogen and oxygen atoms in total. The second kappa shape index (κ2) is 13.1. The number of nitrogens with zero attached hydrogens (tertiary/aromatic N) is 2. The quantitative estimate of drug-likeness (QED) is 0.170. The van der Waals surface area contributed by atoms with Crippen molar-refractivity contribution in [2.45, 2.75) is 5.41 Å². The van der Waals surface area contributed by atoms with Crippen molar-refractivity contribution in [1.82, 2.24) is 9.97 Å². The Hall–Kier alpha value is -6.94. The summed E-state index contributed by atoms with van der Waals surface area (Å²) >= 11 is 1.83. The van der Waals surface area contributed by atoms with Crippen LogP contribution in [0.3, 0.4) is 0 Å². The highest BCUT2D eigenvalue weighted by molar-refractivity contribution is 7.25. The SMILES string of the molecule is c1ccc(-c2nc(-c3ccc4c(c3)sc3ccccc34)cc(-c3ccccc3-c3ccc4c(c3)C(c3ccccc3)(c3ccccc3)c3ccccc3-4)n2)cc1. The summed E-state index contributed by atoms with van der Waals surface area (Å²) in [4.78, 5) is 10.5. The standard InChI is InChI=1S/C53H34N2S/c1-4-16-35(17-5-1)52-54-48(37-29-31-45-44-25-13-15-27-50(44)56-51(45)33-37)34-49(55-52)43-24-11-10-22-40(43)36-28-30-42-41-23-12-14-26-46(41)53(47(42)32-36,38-18-6-2-7-19-38)39-20-8-3-9-21-39/h1-34H. The molecule has 1 aliphatic carbocycles. The zero-order valence-electron chi connectivity index (χ0n) is 30.4. The maximum Gasteiger partial charge on any atom is 0.160 e. The molecule has 0 saturated carbocycles. The first kappa shape index (κ1) is 32.5. The summed E-state index contributed by atoms with van der Waals surface area (Å²) in [6.07, 6.45) is 0. The van der Waals surface area contributed by atoms with E-state index in [1.807, 2.05) is 17.4 Å². The van der Waals surface area contributed by atoms with Gasteiger partial charge in [-0.3, -0.25) is 0 Å². The molecule has 0 N–H and O–H groups in total. The molecule has 0 amide bonds. The lowest BCUT2D eigenvalue weighted by Crippen LogP contribution is -2.28. The van der Waals surface area contributed by atoms with E-state index in [2.05, 4.69) is 200 Å². The summed E-state index contributed by atoms with van der Waals surface area (Å²) < 4.78 is 2.55. The van der Waals surface area contributed by atoms with E-state index in [1.165, 1.54) is 53.6 Å². The largest absolute Gasteiger partial charge is 0.228 e. The van der Waals surface area contributed by atoms with Crippen molar-refractivity contribution >= 4 is 31.5 Å². The van der Waals surface area contributed by atoms with Gasteiger partial charge in [0.25, 0.3) is 0 Å². The highest BCUT2D eigenvalue weighted by atomic mass is 32.1. The first-order valence-electron chi connectivity index (χ1n) is 19.1. The summed E-state index contributed by atoms with van der Waals surface area (Å²) in [5, 5.41) is 2.57. The molecular weight excluding hydrogens is 697 g/mol. The molecule has 0 unspecified atom stereocenters. The lowest BCUT2D eigenvalue weighted by atomic mass is 9.67. The maximum atomic E-state index is 5.30. The summed E-state index contributed by atoms with van der Waals surface area (Å²) in [5.41, 5.74) is 14.4. The van der Waals surface area contributed by atoms with E-state index in [0.29, 0.717) is 5.82 Å². The fourth-order valence-electron chi connectivity index (χ4n) is 8.90. The van der Waals surface area contributed by atoms with Gasteiger partial charge in [0.05, 0.1) is 16.8 Å². The molecule has 1 aliphatic rings. The molecule has 8 aromatic carbocycles. The second-order valence-corrected chi connectivity index (χ2v) is 15.6. The minimum absolute atomic E-state index is 0.479. The Kier molecular flexibility index (Phi) is 7.61. The molecule has 56 heavy (non-hydrogen) atoms. The average Bonchev–Trinajstić information content (AvgIpc) is 3.80. The van der Waals surface area contributed by atoms with Crippen molar-refractivity contribution in [2.24, 2.45) is 0 Å². The highest BCUT2D eigenvalue weighted by Gasteiger charge is 2.46. The molecule has 2 aromatic heterocycles. The lowest BCUT2D eigenvalue weighted by Gasteiger charge is -2.34. The molecule has 0 fully saturated rings. The van der Waals surface area contributed by atoms with E-state index in [-0.39, 0.29) is 0 Å². The van der Waals surface area contributed by atoms with Crippen LogP contribution in [-0.4, -0.2) is 9.97 Å². The Morgan fingerprint density at radius 3 is 1.68 bits per heavy atom. The third kappa shape index (κ3) is 5.09. The van der Waals surface area contributed by atoms with Crippen LogP contribution in [0.25, 0.3) is 76.3 Å². The van der Waals surface area contributed by atoms with E-state index in [9.17, 15) is 0 Å². The van der Waals surface area contributed by atoms with Gasteiger partial charge in [0, 0.05) is 36.9 Å². The van der Waals surface area contributed by atoms with Gasteiger partial charge in [-0.1, -0.05) is 182 Å². The van der Waals surface area contributed by atoms with Crippen LogP contribution < -0.4 is 0 Å². The molecule has 3 heteroatoms. The summed E-state index contributed by atoms with van der Waals surface area (Å²) in [6, 6.07) is 74.5. The Labute approximate surface area is 330 Å². The molecule has 0 atom stereocenters. The highest BCUT2D eigenvalue weighted by Crippen LogP contribution is 2.57. The smallest absolute Gasteiger partial charge is 0.160 e. The van der Waals surface area contributed by atoms with Crippen molar-refractivity contribution in [1.29, 1.82) is 0 Å². The second-order valence-electron chi connectivity index (χ2n) is 14.5. The van der Waals surface area contributed by atoms with Gasteiger partial charge in [-0.25, -0.2) is 9.97 Å². The van der Waals surface area contributed by atoms with Crippen LogP contribution in [-0.2, 0) is 5.41 Å². The van der Waals surface area contributed by atoms with Crippen molar-refractivity contribution in [3.05, 3.63) is 229 Å². The third-order valence-electron chi connectivity index (χ3n) is 11.4. The van der Waals surface area contributed by atoms with Gasteiger partial charge in [0.15, 0.2) is 5.82 Å². The normalized spacial score (nSPS) is 12.8. The van der Waals surface area contributed by atoms with Crippen LogP contribution in [0.5, 0.6) is 0 Å². The monoisotopic (exact) mass is 730 g/mol. The summed E-state index contributed by atoms with van der Waals surface area (Å²) in [7, 11) is 0. The van der Waals surface area contributed by atoms with Crippen molar-refractivity contribution in [2.75, 3.05) is 0 Å². The van der Waals surface area contributed by atoms with Crippen molar-refractivity contribution < 1.29 is 0 Å². The molecule has 11 rings (SSSR count). The first-order valence-corrected chi connectivity index (χ1v) is 19.9. The van der Waals surface area contributed by atoms with Gasteiger partial charge >= 0.3 is 0 Å². The number of hydrogen-bond donors (Lipinski definition) is 0. The molecule has 0 saturated heterocycles. The number of benzene rings is 8. The van der Waals surface area contributed by atoms with Crippen molar-refractivity contribution in [3.8, 4) is 56.2 Å². The zero-order chi connectivity index (χ0) is 37.1. The van der Waals surface area contributed by atoms with Crippen molar-refractivity contribution in [3.63, 3.8) is 0 Å². The van der Waals surface area contributed by atoms with Crippen LogP contribution in [0, 0.1) is 0 Å². The average molecular weight is 731 g/mol. The van der Waals surface area contributed by atoms with Crippen LogP contribution in [0.4, 0.5) is 0 Å². The molecule has 0 radical (unpaired) electrons. The van der Waals surface area contributed by atoms with E-state index in [0.717, 1.165) is 39.2 Å². The Morgan fingerprint density at radius 2 is 0.911 bits per heavy atom. The minimum atomic E-state index is -0.479. The zero-order valence-corrected chi connectivity index (χ0v) is 31.2. The molecule has 10 aromatic rings. The van der Waals surface area contributed by atoms with Gasteiger partial charge in [0.1, 0.15) is 0 Å². The first-order chi connectivity index (χ1) is 27.8. The number of fused-ring (bicyclic) bond motifs is 6. The Morgan fingerprint density at radius 1 is 0.339 bits per heavy atom. The van der Waals surface area contributed by atoms with Gasteiger partial charge in [-0.15, -0.1) is 11.3 Å². The molecule has 0 aliphatic heterocycles. The summed E-state index contributed by atoms with van der Waals surface area (Å²) in [5.74, 6) is 0.709. The maximum absolute atomic E-state index is 5.30. The van der Waals surface area contributed by atoms with E-state index in [1.54, 1.807) is 0 Å². The topological polar surface area (TPSA) is 25.8 Å². The fourth-order valence-corrected chi connectivity index (χ4v) is 10.1. The molecule has 2 heterocycles. The van der Waals surface area contributed by atoms with Gasteiger partial charge < -0.3 is 0 Å². The predicted octanol–water partition coefficient (Wildman–Crippen LogP) is 13.9. The van der Waals surface area contributed by atoms with Crippen LogP contribution in [0.2, 0.25) is 0 Å². The number of hydrogen-bond acceptors (Lipinski definition) is 3. The molecule has 262 valence electrons. The number of rotatable bonds is 6. The summed E-state index contributed by atoms with van der Waals surface area (Å²) in [6.45, 7) is 0. The molecule has 0 bridgehead atoms. The lowest BCUT2D eigenvalue weighted by molar-refractivity contribution is 0.769. The minimum Gasteiger partial charge on any atom is -0.228 e. The van der Waals surface area contributed by atoms with Gasteiger partial charge in [0.2, 0.25) is 0 Å². The number of thiophene rings is 1. The van der Waals surface area contributed by atoms with E-state index < -0.39 is 5.41 Å². The van der Waals surface area contributed by atoms with Crippen LogP contribution in [0.15, 0.2) is 206 Å². The van der Waals surface area contributed by atoms with Gasteiger partial charge in [-0.05, 0) is 68.8 Å². The van der Waals surface area contributed by atoms with Gasteiger partial charge in [-0.2, -0.15) is 0 Å². The molecule has 0 spiro atoms. The Bertz CT molecular complexity index is 3040. The molecular formula is C53H34N2S.